The van der Waals surface area contributed by atoms with E-state index in [9.17, 15) is 0 Å². The van der Waals surface area contributed by atoms with E-state index >= 15 is 0 Å². The molecule has 0 aliphatic heterocycles. The predicted molar refractivity (Wildman–Crippen MR) is 84.7 cm³/mol. The lowest BCUT2D eigenvalue weighted by atomic mass is 9.90. The zero-order chi connectivity index (χ0) is 14.8. The number of hydrogen-bond donors (Lipinski definition) is 1. The third-order valence-electron chi connectivity index (χ3n) is 3.43. The zero-order valence-corrected chi connectivity index (χ0v) is 13.2. The smallest absolute Gasteiger partial charge is 0.161 e. The molecule has 1 atom stereocenters. The monoisotopic (exact) mass is 279 g/mol. The van der Waals surface area contributed by atoms with E-state index in [1.54, 1.807) is 0 Å². The Hall–Kier alpha value is -1.22. The van der Waals surface area contributed by atoms with Crippen LogP contribution < -0.4 is 15.2 Å². The molecule has 0 saturated heterocycles. The summed E-state index contributed by atoms with van der Waals surface area (Å²) in [6.45, 7) is 8.30. The minimum absolute atomic E-state index is 0.568. The van der Waals surface area contributed by atoms with Gasteiger partial charge in [0, 0.05) is 0 Å². The largest absolute Gasteiger partial charge is 0.490 e. The number of nitrogens with two attached hydrogens (primary N) is 1. The molecular weight excluding hydrogens is 250 g/mol. The molecule has 1 unspecified atom stereocenters. The minimum Gasteiger partial charge on any atom is -0.490 e. The lowest BCUT2D eigenvalue weighted by molar-refractivity contribution is 0.287. The van der Waals surface area contributed by atoms with Crippen LogP contribution in [-0.4, -0.2) is 19.8 Å². The Morgan fingerprint density at radius 1 is 1.00 bits per heavy atom. The third-order valence-corrected chi connectivity index (χ3v) is 3.43. The second-order valence-electron chi connectivity index (χ2n) is 4.99. The molecule has 0 amide bonds. The molecule has 0 radical (unpaired) electrons. The van der Waals surface area contributed by atoms with Crippen LogP contribution in [0.4, 0.5) is 0 Å². The van der Waals surface area contributed by atoms with Gasteiger partial charge >= 0.3 is 0 Å². The van der Waals surface area contributed by atoms with Crippen LogP contribution in [-0.2, 0) is 0 Å². The van der Waals surface area contributed by atoms with Crippen molar-refractivity contribution < 1.29 is 9.47 Å². The van der Waals surface area contributed by atoms with Gasteiger partial charge in [-0.25, -0.2) is 0 Å². The number of ether oxygens (including phenoxy) is 2. The van der Waals surface area contributed by atoms with E-state index < -0.39 is 0 Å². The Morgan fingerprint density at radius 3 is 2.30 bits per heavy atom. The van der Waals surface area contributed by atoms with Gasteiger partial charge < -0.3 is 15.2 Å². The molecule has 0 saturated carbocycles. The molecule has 0 spiro atoms. The van der Waals surface area contributed by atoms with Gasteiger partial charge in [0.25, 0.3) is 0 Å². The van der Waals surface area contributed by atoms with Gasteiger partial charge in [0.2, 0.25) is 0 Å². The van der Waals surface area contributed by atoms with Crippen molar-refractivity contribution in [3.05, 3.63) is 23.8 Å². The van der Waals surface area contributed by atoms with Crippen LogP contribution in [0.2, 0.25) is 0 Å². The fraction of sp³-hybridized carbons (Fsp3) is 0.647. The van der Waals surface area contributed by atoms with Crippen molar-refractivity contribution in [2.24, 2.45) is 5.73 Å². The van der Waals surface area contributed by atoms with Gasteiger partial charge in [-0.3, -0.25) is 0 Å². The molecule has 0 aliphatic rings. The molecule has 0 aromatic heterocycles. The molecule has 1 aromatic carbocycles. The van der Waals surface area contributed by atoms with Crippen molar-refractivity contribution in [1.29, 1.82) is 0 Å². The lowest BCUT2D eigenvalue weighted by Gasteiger charge is -2.19. The summed E-state index contributed by atoms with van der Waals surface area (Å²) in [5.74, 6) is 2.27. The summed E-state index contributed by atoms with van der Waals surface area (Å²) in [6, 6.07) is 6.35. The molecule has 3 heteroatoms. The van der Waals surface area contributed by atoms with Crippen molar-refractivity contribution >= 4 is 0 Å². The van der Waals surface area contributed by atoms with Crippen LogP contribution in [0.15, 0.2) is 18.2 Å². The Labute approximate surface area is 123 Å². The van der Waals surface area contributed by atoms with Gasteiger partial charge in [-0.05, 0) is 63.3 Å². The van der Waals surface area contributed by atoms with Crippen molar-refractivity contribution in [2.45, 2.75) is 52.4 Å². The Kier molecular flexibility index (Phi) is 8.12. The first-order chi connectivity index (χ1) is 9.76. The molecule has 20 heavy (non-hydrogen) atoms. The summed E-state index contributed by atoms with van der Waals surface area (Å²) in [6.07, 6.45) is 4.59. The molecule has 1 rings (SSSR count). The normalized spacial score (nSPS) is 12.2. The summed E-state index contributed by atoms with van der Waals surface area (Å²) < 4.78 is 11.3. The number of hydrogen-bond acceptors (Lipinski definition) is 3. The van der Waals surface area contributed by atoms with Crippen LogP contribution in [0, 0.1) is 0 Å². The van der Waals surface area contributed by atoms with Gasteiger partial charge in [-0.2, -0.15) is 0 Å². The number of rotatable bonds is 10. The maximum Gasteiger partial charge on any atom is 0.161 e. The van der Waals surface area contributed by atoms with E-state index in [1.807, 2.05) is 19.9 Å². The zero-order valence-electron chi connectivity index (χ0n) is 13.2. The van der Waals surface area contributed by atoms with Crippen LogP contribution in [0.5, 0.6) is 11.5 Å². The second-order valence-corrected chi connectivity index (χ2v) is 4.99. The first-order valence-electron chi connectivity index (χ1n) is 7.86. The SMILES string of the molecule is CCCC(CCCN)c1ccc(OCC)c(OCC)c1. The molecule has 1 aromatic rings. The van der Waals surface area contributed by atoms with E-state index in [0.29, 0.717) is 19.1 Å². The molecule has 0 fully saturated rings. The first-order valence-corrected chi connectivity index (χ1v) is 7.86. The topological polar surface area (TPSA) is 44.5 Å². The lowest BCUT2D eigenvalue weighted by Crippen LogP contribution is -2.06. The van der Waals surface area contributed by atoms with Crippen LogP contribution in [0.1, 0.15) is 57.9 Å². The van der Waals surface area contributed by atoms with Crippen molar-refractivity contribution in [1.82, 2.24) is 0 Å². The number of benzene rings is 1. The average Bonchev–Trinajstić information content (AvgIpc) is 2.46. The van der Waals surface area contributed by atoms with Crippen LogP contribution in [0.3, 0.4) is 0 Å². The highest BCUT2D eigenvalue weighted by molar-refractivity contribution is 5.44. The summed E-state index contributed by atoms with van der Waals surface area (Å²) in [5.41, 5.74) is 6.99. The van der Waals surface area contributed by atoms with Crippen molar-refractivity contribution in [3.63, 3.8) is 0 Å². The van der Waals surface area contributed by atoms with Crippen molar-refractivity contribution in [2.75, 3.05) is 19.8 Å². The van der Waals surface area contributed by atoms with Gasteiger partial charge in [0.05, 0.1) is 13.2 Å². The fourth-order valence-electron chi connectivity index (χ4n) is 2.51. The fourth-order valence-corrected chi connectivity index (χ4v) is 2.51. The van der Waals surface area contributed by atoms with Crippen LogP contribution in [0.25, 0.3) is 0 Å². The van der Waals surface area contributed by atoms with E-state index in [4.69, 9.17) is 15.2 Å². The summed E-state index contributed by atoms with van der Waals surface area (Å²) in [7, 11) is 0. The summed E-state index contributed by atoms with van der Waals surface area (Å²) >= 11 is 0. The van der Waals surface area contributed by atoms with E-state index in [2.05, 4.69) is 19.1 Å². The van der Waals surface area contributed by atoms with Gasteiger partial charge in [0.1, 0.15) is 0 Å². The molecular formula is C17H29NO2. The third kappa shape index (κ3) is 5.04. The predicted octanol–water partition coefficient (Wildman–Crippen LogP) is 4.11. The highest BCUT2D eigenvalue weighted by atomic mass is 16.5. The molecule has 0 bridgehead atoms. The van der Waals surface area contributed by atoms with E-state index in [0.717, 1.165) is 30.9 Å². The minimum atomic E-state index is 0.568. The highest BCUT2D eigenvalue weighted by Crippen LogP contribution is 2.34. The van der Waals surface area contributed by atoms with E-state index in [-0.39, 0.29) is 0 Å². The summed E-state index contributed by atoms with van der Waals surface area (Å²) in [5, 5.41) is 0. The molecule has 2 N–H and O–H groups in total. The first kappa shape index (κ1) is 16.8. The average molecular weight is 279 g/mol. The molecule has 0 aliphatic carbocycles. The van der Waals surface area contributed by atoms with Gasteiger partial charge in [0.15, 0.2) is 11.5 Å². The molecule has 3 nitrogen and oxygen atoms in total. The molecule has 0 heterocycles. The molecule has 114 valence electrons. The Balaban J connectivity index is 2.93. The standard InChI is InChI=1S/C17H29NO2/c1-4-8-14(9-7-12-18)15-10-11-16(19-5-2)17(13-15)20-6-3/h10-11,13-14H,4-9,12,18H2,1-3H3. The highest BCUT2D eigenvalue weighted by Gasteiger charge is 2.14. The second kappa shape index (κ2) is 9.65. The van der Waals surface area contributed by atoms with E-state index in [1.165, 1.54) is 18.4 Å². The quantitative estimate of drug-likeness (QED) is 0.701. The van der Waals surface area contributed by atoms with Gasteiger partial charge in [-0.15, -0.1) is 0 Å². The maximum atomic E-state index is 5.71. The maximum absolute atomic E-state index is 5.71. The van der Waals surface area contributed by atoms with Gasteiger partial charge in [-0.1, -0.05) is 19.4 Å². The van der Waals surface area contributed by atoms with Crippen LogP contribution >= 0.6 is 0 Å². The van der Waals surface area contributed by atoms with Crippen molar-refractivity contribution in [3.8, 4) is 11.5 Å². The summed E-state index contributed by atoms with van der Waals surface area (Å²) in [4.78, 5) is 0. The Morgan fingerprint density at radius 2 is 1.70 bits per heavy atom. The Bertz CT molecular complexity index is 379.